The third-order valence-corrected chi connectivity index (χ3v) is 5.74. The van der Waals surface area contributed by atoms with E-state index in [4.69, 9.17) is 9.73 Å². The molecular weight excluding hydrogens is 381 g/mol. The van der Waals surface area contributed by atoms with Crippen LogP contribution in [0, 0.1) is 11.7 Å². The van der Waals surface area contributed by atoms with Crippen molar-refractivity contribution >= 4 is 11.8 Å². The monoisotopic (exact) mass is 411 g/mol. The number of guanidine groups is 1. The molecule has 3 heterocycles. The summed E-state index contributed by atoms with van der Waals surface area (Å²) in [7, 11) is 0. The quantitative estimate of drug-likeness (QED) is 0.565. The smallest absolute Gasteiger partial charge is 0.191 e. The fourth-order valence-electron chi connectivity index (χ4n) is 4.23. The van der Waals surface area contributed by atoms with Crippen molar-refractivity contribution in [1.82, 2.24) is 15.6 Å². The summed E-state index contributed by atoms with van der Waals surface area (Å²) in [5, 5.41) is 6.86. The Morgan fingerprint density at radius 3 is 2.90 bits per heavy atom. The van der Waals surface area contributed by atoms with Gasteiger partial charge in [-0.2, -0.15) is 0 Å². The van der Waals surface area contributed by atoms with Crippen LogP contribution in [0.5, 0.6) is 0 Å². The Hall–Kier alpha value is -2.67. The van der Waals surface area contributed by atoms with Crippen LogP contribution in [-0.4, -0.2) is 49.8 Å². The lowest BCUT2D eigenvalue weighted by atomic mass is 9.95. The maximum Gasteiger partial charge on any atom is 0.191 e. The number of aromatic nitrogens is 1. The number of nitrogens with one attached hydrogen (secondary N) is 2. The lowest BCUT2D eigenvalue weighted by molar-refractivity contribution is 0.0925. The summed E-state index contributed by atoms with van der Waals surface area (Å²) in [5.74, 6) is 1.33. The molecule has 0 spiro atoms. The number of nitrogens with zero attached hydrogens (tertiary/aromatic N) is 3. The minimum absolute atomic E-state index is 0.104. The third-order valence-electron chi connectivity index (χ3n) is 5.74. The highest BCUT2D eigenvalue weighted by molar-refractivity contribution is 5.80. The van der Waals surface area contributed by atoms with Crippen LogP contribution in [0.3, 0.4) is 0 Å². The van der Waals surface area contributed by atoms with E-state index < -0.39 is 0 Å². The molecule has 2 aliphatic rings. The van der Waals surface area contributed by atoms with E-state index in [0.717, 1.165) is 38.5 Å². The lowest BCUT2D eigenvalue weighted by Gasteiger charge is -2.21. The normalized spacial score (nSPS) is 24.3. The molecule has 7 heteroatoms. The second kappa shape index (κ2) is 9.89. The number of hydrogen-bond acceptors (Lipinski definition) is 4. The molecule has 2 fully saturated rings. The van der Waals surface area contributed by atoms with Gasteiger partial charge in [-0.3, -0.25) is 4.99 Å². The van der Waals surface area contributed by atoms with E-state index >= 15 is 0 Å². The molecule has 1 aromatic heterocycles. The van der Waals surface area contributed by atoms with Crippen LogP contribution < -0.4 is 15.5 Å². The van der Waals surface area contributed by atoms with Gasteiger partial charge in [0.25, 0.3) is 0 Å². The van der Waals surface area contributed by atoms with E-state index in [9.17, 15) is 4.39 Å². The van der Waals surface area contributed by atoms with Crippen molar-refractivity contribution in [2.24, 2.45) is 10.9 Å². The maximum absolute atomic E-state index is 14.0. The molecular formula is C23H30FN5O. The Kier molecular flexibility index (Phi) is 6.79. The molecule has 2 saturated heterocycles. The van der Waals surface area contributed by atoms with E-state index in [-0.39, 0.29) is 18.0 Å². The van der Waals surface area contributed by atoms with Crippen molar-refractivity contribution in [1.29, 1.82) is 0 Å². The Bertz CT molecular complexity index is 846. The summed E-state index contributed by atoms with van der Waals surface area (Å²) < 4.78 is 20.0. The summed E-state index contributed by atoms with van der Waals surface area (Å²) in [6.07, 6.45) is 3.67. The molecule has 0 radical (unpaired) electrons. The molecule has 4 rings (SSSR count). The van der Waals surface area contributed by atoms with Gasteiger partial charge in [-0.1, -0.05) is 30.3 Å². The second-order valence-electron chi connectivity index (χ2n) is 7.86. The standard InChI is InChI=1S/C23H30FN5O/c1-2-25-23(27-15-18-11-14-30-21(18)17-7-4-3-5-8-17)28-19-10-13-29(16-19)22-20(24)9-6-12-26-22/h3-9,12,18-19,21H,2,10-11,13-16H2,1H3,(H2,25,27,28). The molecule has 30 heavy (non-hydrogen) atoms. The van der Waals surface area contributed by atoms with E-state index in [1.54, 1.807) is 12.3 Å². The van der Waals surface area contributed by atoms with E-state index in [0.29, 0.717) is 24.8 Å². The highest BCUT2D eigenvalue weighted by Crippen LogP contribution is 2.34. The number of benzene rings is 1. The number of pyridine rings is 1. The van der Waals surface area contributed by atoms with Gasteiger partial charge in [0.15, 0.2) is 17.6 Å². The molecule has 1 aromatic carbocycles. The topological polar surface area (TPSA) is 61.8 Å². The number of ether oxygens (including phenoxy) is 1. The van der Waals surface area contributed by atoms with Crippen molar-refractivity contribution in [3.8, 4) is 0 Å². The summed E-state index contributed by atoms with van der Waals surface area (Å²) in [6.45, 7) is 5.82. The average molecular weight is 412 g/mol. The van der Waals surface area contributed by atoms with Crippen LogP contribution in [0.4, 0.5) is 10.2 Å². The summed E-state index contributed by atoms with van der Waals surface area (Å²) in [4.78, 5) is 11.0. The van der Waals surface area contributed by atoms with Crippen molar-refractivity contribution in [3.05, 3.63) is 60.0 Å². The SMILES string of the molecule is CCNC(=NCC1CCOC1c1ccccc1)NC1CCN(c2ncccc2F)C1. The summed E-state index contributed by atoms with van der Waals surface area (Å²) in [5.41, 5.74) is 1.22. The number of hydrogen-bond donors (Lipinski definition) is 2. The Morgan fingerprint density at radius 2 is 2.10 bits per heavy atom. The van der Waals surface area contributed by atoms with Gasteiger partial charge in [-0.25, -0.2) is 9.37 Å². The Labute approximate surface area is 177 Å². The number of anilines is 1. The molecule has 0 aliphatic carbocycles. The first-order chi connectivity index (χ1) is 14.7. The van der Waals surface area contributed by atoms with Gasteiger partial charge in [0, 0.05) is 50.9 Å². The predicted molar refractivity (Wildman–Crippen MR) is 117 cm³/mol. The molecule has 3 unspecified atom stereocenters. The first-order valence-electron chi connectivity index (χ1n) is 10.8. The Balaban J connectivity index is 1.37. The fraction of sp³-hybridized carbons (Fsp3) is 0.478. The lowest BCUT2D eigenvalue weighted by Crippen LogP contribution is -2.45. The van der Waals surface area contributed by atoms with Gasteiger partial charge in [0.1, 0.15) is 0 Å². The maximum atomic E-state index is 14.0. The van der Waals surface area contributed by atoms with Gasteiger partial charge in [-0.15, -0.1) is 0 Å². The summed E-state index contributed by atoms with van der Waals surface area (Å²) >= 11 is 0. The molecule has 0 bridgehead atoms. The highest BCUT2D eigenvalue weighted by atomic mass is 19.1. The molecule has 2 aliphatic heterocycles. The molecule has 160 valence electrons. The zero-order chi connectivity index (χ0) is 20.8. The number of rotatable bonds is 6. The van der Waals surface area contributed by atoms with E-state index in [1.807, 2.05) is 11.0 Å². The van der Waals surface area contributed by atoms with Crippen molar-refractivity contribution in [2.75, 3.05) is 37.7 Å². The van der Waals surface area contributed by atoms with E-state index in [1.165, 1.54) is 11.6 Å². The van der Waals surface area contributed by atoms with Crippen LogP contribution in [0.2, 0.25) is 0 Å². The molecule has 6 nitrogen and oxygen atoms in total. The fourth-order valence-corrected chi connectivity index (χ4v) is 4.23. The zero-order valence-electron chi connectivity index (χ0n) is 17.4. The van der Waals surface area contributed by atoms with E-state index in [2.05, 4.69) is 46.8 Å². The molecule has 3 atom stereocenters. The molecule has 2 aromatic rings. The first kappa shape index (κ1) is 20.6. The summed E-state index contributed by atoms with van der Waals surface area (Å²) in [6, 6.07) is 13.7. The number of aliphatic imine (C=N–C) groups is 1. The first-order valence-corrected chi connectivity index (χ1v) is 10.8. The largest absolute Gasteiger partial charge is 0.373 e. The van der Waals surface area contributed by atoms with Crippen LogP contribution in [0.25, 0.3) is 0 Å². The van der Waals surface area contributed by atoms with Gasteiger partial charge in [-0.05, 0) is 37.5 Å². The Morgan fingerprint density at radius 1 is 1.23 bits per heavy atom. The number of halogens is 1. The highest BCUT2D eigenvalue weighted by Gasteiger charge is 2.30. The van der Waals surface area contributed by atoms with Gasteiger partial charge in [0.05, 0.1) is 6.10 Å². The molecule has 0 saturated carbocycles. The molecule has 2 N–H and O–H groups in total. The van der Waals surface area contributed by atoms with Crippen LogP contribution >= 0.6 is 0 Å². The van der Waals surface area contributed by atoms with Gasteiger partial charge >= 0.3 is 0 Å². The van der Waals surface area contributed by atoms with Crippen molar-refractivity contribution in [2.45, 2.75) is 31.9 Å². The van der Waals surface area contributed by atoms with Crippen LogP contribution in [0.15, 0.2) is 53.7 Å². The minimum atomic E-state index is -0.271. The van der Waals surface area contributed by atoms with Crippen molar-refractivity contribution in [3.63, 3.8) is 0 Å². The van der Waals surface area contributed by atoms with Gasteiger partial charge in [0.2, 0.25) is 0 Å². The minimum Gasteiger partial charge on any atom is -0.373 e. The third kappa shape index (κ3) is 4.90. The predicted octanol–water partition coefficient (Wildman–Crippen LogP) is 3.13. The van der Waals surface area contributed by atoms with Gasteiger partial charge < -0.3 is 20.3 Å². The van der Waals surface area contributed by atoms with Crippen LogP contribution in [-0.2, 0) is 4.74 Å². The molecule has 0 amide bonds. The zero-order valence-corrected chi connectivity index (χ0v) is 17.4. The van der Waals surface area contributed by atoms with Crippen molar-refractivity contribution < 1.29 is 9.13 Å². The van der Waals surface area contributed by atoms with Crippen LogP contribution in [0.1, 0.15) is 31.4 Å². The average Bonchev–Trinajstić information content (AvgIpc) is 3.43. The second-order valence-corrected chi connectivity index (χ2v) is 7.86.